The number of anilines is 1. The lowest BCUT2D eigenvalue weighted by Gasteiger charge is -2.20. The topological polar surface area (TPSA) is 95.8 Å². The van der Waals surface area contributed by atoms with Crippen LogP contribution in [0, 0.1) is 5.92 Å². The lowest BCUT2D eigenvalue weighted by molar-refractivity contribution is 0.0697. The number of pyridine rings is 2. The van der Waals surface area contributed by atoms with Gasteiger partial charge in [0.2, 0.25) is 0 Å². The Hall–Kier alpha value is -3.45. The number of hydrogen-bond donors (Lipinski definition) is 2. The molecule has 0 aliphatic carbocycles. The van der Waals surface area contributed by atoms with Crippen molar-refractivity contribution < 1.29 is 19.7 Å². The van der Waals surface area contributed by atoms with Crippen LogP contribution in [0.1, 0.15) is 15.9 Å². The molecule has 1 aromatic carbocycles. The molecule has 30 heavy (non-hydrogen) atoms. The zero-order valence-electron chi connectivity index (χ0n) is 16.6. The number of carbonyl (C=O) groups is 1. The van der Waals surface area contributed by atoms with E-state index in [2.05, 4.69) is 9.97 Å². The van der Waals surface area contributed by atoms with Crippen LogP contribution in [-0.2, 0) is 6.42 Å². The number of benzene rings is 1. The number of carboxylic acids is 1. The van der Waals surface area contributed by atoms with Crippen molar-refractivity contribution in [3.63, 3.8) is 0 Å². The lowest BCUT2D eigenvalue weighted by Crippen LogP contribution is -2.24. The van der Waals surface area contributed by atoms with E-state index in [9.17, 15) is 15.0 Å². The summed E-state index contributed by atoms with van der Waals surface area (Å²) in [4.78, 5) is 22.4. The third-order valence-corrected chi connectivity index (χ3v) is 5.44. The predicted octanol–water partition coefficient (Wildman–Crippen LogP) is 2.89. The summed E-state index contributed by atoms with van der Waals surface area (Å²) < 4.78 is 5.20. The van der Waals surface area contributed by atoms with Crippen LogP contribution >= 0.6 is 0 Å². The lowest BCUT2D eigenvalue weighted by atomic mass is 9.97. The average molecular weight is 405 g/mol. The fraction of sp³-hybridized carbons (Fsp3) is 0.261. The fourth-order valence-corrected chi connectivity index (χ4v) is 3.83. The first kappa shape index (κ1) is 19.8. The highest BCUT2D eigenvalue weighted by Gasteiger charge is 2.34. The molecular formula is C23H23N3O4. The van der Waals surface area contributed by atoms with Crippen molar-refractivity contribution in [3.05, 3.63) is 72.1 Å². The van der Waals surface area contributed by atoms with Crippen molar-refractivity contribution in [3.8, 4) is 17.0 Å². The number of hydrogen-bond acceptors (Lipinski definition) is 6. The van der Waals surface area contributed by atoms with E-state index in [0.717, 1.165) is 16.9 Å². The minimum atomic E-state index is -1.04. The Bertz CT molecular complexity index is 1020. The second kappa shape index (κ2) is 8.51. The molecule has 1 fully saturated rings. The van der Waals surface area contributed by atoms with E-state index in [-0.39, 0.29) is 11.5 Å². The van der Waals surface area contributed by atoms with Crippen LogP contribution in [0.15, 0.2) is 60.9 Å². The van der Waals surface area contributed by atoms with Gasteiger partial charge in [0, 0.05) is 37.0 Å². The van der Waals surface area contributed by atoms with Crippen molar-refractivity contribution in [2.24, 2.45) is 5.92 Å². The number of aliphatic hydroxyl groups is 1. The third-order valence-electron chi connectivity index (χ3n) is 5.44. The summed E-state index contributed by atoms with van der Waals surface area (Å²) in [5.41, 5.74) is 2.75. The van der Waals surface area contributed by atoms with E-state index >= 15 is 0 Å². The number of methoxy groups -OCH3 is 1. The van der Waals surface area contributed by atoms with Gasteiger partial charge >= 0.3 is 5.97 Å². The van der Waals surface area contributed by atoms with Gasteiger partial charge < -0.3 is 19.8 Å². The molecule has 3 aromatic rings. The predicted molar refractivity (Wildman–Crippen MR) is 113 cm³/mol. The summed E-state index contributed by atoms with van der Waals surface area (Å²) in [6.45, 7) is 0.873. The molecule has 1 aliphatic rings. The smallest absolute Gasteiger partial charge is 0.339 e. The quantitative estimate of drug-likeness (QED) is 0.651. The Balaban J connectivity index is 1.62. The highest BCUT2D eigenvalue weighted by Crippen LogP contribution is 2.31. The number of carboxylic acid groups (broad SMARTS) is 1. The van der Waals surface area contributed by atoms with Gasteiger partial charge in [0.05, 0.1) is 18.9 Å². The number of nitrogens with zero attached hydrogens (tertiary/aromatic N) is 3. The Morgan fingerprint density at radius 2 is 1.83 bits per heavy atom. The van der Waals surface area contributed by atoms with Crippen molar-refractivity contribution in [2.45, 2.75) is 12.5 Å². The van der Waals surface area contributed by atoms with E-state index in [0.29, 0.717) is 31.0 Å². The molecule has 2 N–H and O–H groups in total. The molecule has 2 aromatic heterocycles. The fourth-order valence-electron chi connectivity index (χ4n) is 3.83. The monoisotopic (exact) mass is 405 g/mol. The highest BCUT2D eigenvalue weighted by molar-refractivity contribution is 5.94. The van der Waals surface area contributed by atoms with Gasteiger partial charge in [-0.1, -0.05) is 0 Å². The molecule has 0 saturated carbocycles. The molecule has 7 heteroatoms. The van der Waals surface area contributed by atoms with Crippen LogP contribution < -0.4 is 9.64 Å². The number of aromatic carboxylic acids is 1. The van der Waals surface area contributed by atoms with Crippen LogP contribution in [0.2, 0.25) is 0 Å². The summed E-state index contributed by atoms with van der Waals surface area (Å²) >= 11 is 0. The standard InChI is InChI=1S/C23H23N3O4/c1-30-18-4-2-16(3-5-18)20-7-6-19(23(28)29)22(25-20)26-13-17(21(27)14-26)12-15-8-10-24-11-9-15/h2-11,17,21,27H,12-14H2,1H3,(H,28,29)/t17-,21+/m1/s1. The molecule has 0 bridgehead atoms. The number of rotatable bonds is 6. The van der Waals surface area contributed by atoms with Gasteiger partial charge in [-0.3, -0.25) is 4.98 Å². The van der Waals surface area contributed by atoms with Gasteiger partial charge in [-0.15, -0.1) is 0 Å². The van der Waals surface area contributed by atoms with Gasteiger partial charge in [-0.05, 0) is 60.5 Å². The normalized spacial score (nSPS) is 18.4. The zero-order valence-corrected chi connectivity index (χ0v) is 16.6. The Morgan fingerprint density at radius 1 is 1.10 bits per heavy atom. The van der Waals surface area contributed by atoms with E-state index in [1.807, 2.05) is 41.3 Å². The van der Waals surface area contributed by atoms with Crippen LogP contribution in [0.25, 0.3) is 11.3 Å². The Kier molecular flexibility index (Phi) is 5.63. The molecular weight excluding hydrogens is 382 g/mol. The largest absolute Gasteiger partial charge is 0.497 e. The number of ether oxygens (including phenoxy) is 1. The minimum absolute atomic E-state index is 0.0134. The Labute approximate surface area is 174 Å². The summed E-state index contributed by atoms with van der Waals surface area (Å²) in [6.07, 6.45) is 3.60. The summed E-state index contributed by atoms with van der Waals surface area (Å²) in [5.74, 6) is 0.0705. The molecule has 0 unspecified atom stereocenters. The van der Waals surface area contributed by atoms with Crippen molar-refractivity contribution in [1.82, 2.24) is 9.97 Å². The molecule has 154 valence electrons. The third kappa shape index (κ3) is 4.11. The maximum absolute atomic E-state index is 11.8. The molecule has 7 nitrogen and oxygen atoms in total. The number of aromatic nitrogens is 2. The molecule has 2 atom stereocenters. The van der Waals surface area contributed by atoms with Crippen LogP contribution in [-0.4, -0.2) is 52.5 Å². The van der Waals surface area contributed by atoms with Crippen LogP contribution in [0.3, 0.4) is 0 Å². The first-order valence-corrected chi connectivity index (χ1v) is 9.76. The SMILES string of the molecule is COc1ccc(-c2ccc(C(=O)O)c(N3C[C@@H](Cc4ccncc4)[C@@H](O)C3)n2)cc1. The Morgan fingerprint density at radius 3 is 2.50 bits per heavy atom. The number of β-amino-alcohol motifs (C(OH)–C–C–N with tert-alkyl or cyclic N) is 1. The molecule has 1 saturated heterocycles. The highest BCUT2D eigenvalue weighted by atomic mass is 16.5. The van der Waals surface area contributed by atoms with Gasteiger partial charge in [-0.2, -0.15) is 0 Å². The summed E-state index contributed by atoms with van der Waals surface area (Å²) in [7, 11) is 1.61. The second-order valence-electron chi connectivity index (χ2n) is 7.39. The van der Waals surface area contributed by atoms with Crippen molar-refractivity contribution >= 4 is 11.8 Å². The van der Waals surface area contributed by atoms with E-state index < -0.39 is 12.1 Å². The summed E-state index contributed by atoms with van der Waals surface area (Å²) in [5, 5.41) is 20.3. The number of aliphatic hydroxyl groups excluding tert-OH is 1. The van der Waals surface area contributed by atoms with Gasteiger partial charge in [-0.25, -0.2) is 9.78 Å². The van der Waals surface area contributed by atoms with E-state index in [4.69, 9.17) is 4.74 Å². The van der Waals surface area contributed by atoms with E-state index in [1.54, 1.807) is 31.6 Å². The van der Waals surface area contributed by atoms with Gasteiger partial charge in [0.25, 0.3) is 0 Å². The second-order valence-corrected chi connectivity index (χ2v) is 7.39. The maximum Gasteiger partial charge on any atom is 0.339 e. The minimum Gasteiger partial charge on any atom is -0.497 e. The van der Waals surface area contributed by atoms with Crippen molar-refractivity contribution in [1.29, 1.82) is 0 Å². The molecule has 3 heterocycles. The maximum atomic E-state index is 11.8. The van der Waals surface area contributed by atoms with Gasteiger partial charge in [0.15, 0.2) is 0 Å². The van der Waals surface area contributed by atoms with Crippen LogP contribution in [0.5, 0.6) is 5.75 Å². The van der Waals surface area contributed by atoms with Crippen molar-refractivity contribution in [2.75, 3.05) is 25.1 Å². The summed E-state index contributed by atoms with van der Waals surface area (Å²) in [6, 6.07) is 14.6. The first-order valence-electron chi connectivity index (χ1n) is 9.76. The van der Waals surface area contributed by atoms with Crippen LogP contribution in [0.4, 0.5) is 5.82 Å². The molecule has 0 spiro atoms. The zero-order chi connectivity index (χ0) is 21.1. The molecule has 0 amide bonds. The molecule has 4 rings (SSSR count). The van der Waals surface area contributed by atoms with Gasteiger partial charge in [0.1, 0.15) is 17.1 Å². The molecule has 0 radical (unpaired) electrons. The molecule has 1 aliphatic heterocycles. The average Bonchev–Trinajstić information content (AvgIpc) is 3.14. The van der Waals surface area contributed by atoms with E-state index in [1.165, 1.54) is 0 Å². The first-order chi connectivity index (χ1) is 14.5.